The Bertz CT molecular complexity index is 677. The van der Waals surface area contributed by atoms with E-state index < -0.39 is 0 Å². The molecule has 29 heavy (non-hydrogen) atoms. The minimum absolute atomic E-state index is 0.132. The Morgan fingerprint density at radius 3 is 2.07 bits per heavy atom. The Morgan fingerprint density at radius 2 is 1.59 bits per heavy atom. The fourth-order valence-electron chi connectivity index (χ4n) is 6.53. The van der Waals surface area contributed by atoms with Gasteiger partial charge in [-0.3, -0.25) is 0 Å². The Morgan fingerprint density at radius 1 is 0.966 bits per heavy atom. The molecular weight excluding hydrogens is 356 g/mol. The number of hydrogen-bond acceptors (Lipinski definition) is 2. The average molecular weight is 401 g/mol. The molecule has 0 spiro atoms. The van der Waals surface area contributed by atoms with Crippen LogP contribution in [0.25, 0.3) is 0 Å². The standard InChI is InChI=1S/C27H44O2/c1-9-10-11-12-13-26(3,4)19-15-23(28-7)25(24(16-19)29-8)20-14-18(2)21-17-22(20)27(21,5)6/h15-16,18,20-22H,9-14,17H2,1-8H3. The molecule has 2 heteroatoms. The second-order valence-electron chi connectivity index (χ2n) is 11.1. The maximum atomic E-state index is 6.01. The third kappa shape index (κ3) is 4.06. The van der Waals surface area contributed by atoms with Gasteiger partial charge in [-0.25, -0.2) is 0 Å². The zero-order chi connectivity index (χ0) is 21.4. The second kappa shape index (κ2) is 8.52. The molecule has 2 nitrogen and oxygen atoms in total. The van der Waals surface area contributed by atoms with Gasteiger partial charge in [0.1, 0.15) is 11.5 Å². The highest BCUT2D eigenvalue weighted by Gasteiger charge is 2.58. The molecule has 3 saturated carbocycles. The van der Waals surface area contributed by atoms with Crippen LogP contribution in [-0.4, -0.2) is 14.2 Å². The molecule has 0 saturated heterocycles. The fourth-order valence-corrected chi connectivity index (χ4v) is 6.53. The molecular formula is C27H44O2. The molecule has 0 heterocycles. The molecule has 0 N–H and O–H groups in total. The highest BCUT2D eigenvalue weighted by Crippen LogP contribution is 2.67. The zero-order valence-corrected chi connectivity index (χ0v) is 20.2. The number of fused-ring (bicyclic) bond motifs is 2. The molecule has 0 radical (unpaired) electrons. The number of unbranched alkanes of at least 4 members (excludes halogenated alkanes) is 3. The summed E-state index contributed by atoms with van der Waals surface area (Å²) in [5.74, 6) is 5.00. The first-order valence-corrected chi connectivity index (χ1v) is 11.9. The number of ether oxygens (including phenoxy) is 2. The van der Waals surface area contributed by atoms with Crippen LogP contribution in [0, 0.1) is 23.2 Å². The molecule has 3 aliphatic carbocycles. The summed E-state index contributed by atoms with van der Waals surface area (Å²) in [7, 11) is 3.66. The van der Waals surface area contributed by atoms with Gasteiger partial charge in [0.25, 0.3) is 0 Å². The van der Waals surface area contributed by atoms with E-state index in [-0.39, 0.29) is 5.41 Å². The highest BCUT2D eigenvalue weighted by atomic mass is 16.5. The molecule has 3 aliphatic rings. The van der Waals surface area contributed by atoms with Gasteiger partial charge < -0.3 is 9.47 Å². The van der Waals surface area contributed by atoms with Crippen molar-refractivity contribution in [2.45, 2.75) is 97.8 Å². The number of rotatable bonds is 9. The zero-order valence-electron chi connectivity index (χ0n) is 20.2. The van der Waals surface area contributed by atoms with Crippen LogP contribution < -0.4 is 9.47 Å². The summed E-state index contributed by atoms with van der Waals surface area (Å²) in [5, 5.41) is 0. The largest absolute Gasteiger partial charge is 0.496 e. The molecule has 4 unspecified atom stereocenters. The predicted molar refractivity (Wildman–Crippen MR) is 123 cm³/mol. The molecule has 164 valence electrons. The fraction of sp³-hybridized carbons (Fsp3) is 0.778. The Balaban J connectivity index is 1.93. The van der Waals surface area contributed by atoms with Gasteiger partial charge in [0.15, 0.2) is 0 Å². The predicted octanol–water partition coefficient (Wildman–Crippen LogP) is 7.74. The van der Waals surface area contributed by atoms with E-state index in [4.69, 9.17) is 9.47 Å². The first kappa shape index (κ1) is 22.5. The lowest BCUT2D eigenvalue weighted by atomic mass is 9.42. The van der Waals surface area contributed by atoms with Gasteiger partial charge in [0.05, 0.1) is 14.2 Å². The third-order valence-electron chi connectivity index (χ3n) is 8.57. The molecule has 1 aromatic rings. The van der Waals surface area contributed by atoms with E-state index in [2.05, 4.69) is 53.7 Å². The lowest BCUT2D eigenvalue weighted by Crippen LogP contribution is -2.55. The lowest BCUT2D eigenvalue weighted by Gasteiger charge is -2.63. The van der Waals surface area contributed by atoms with Gasteiger partial charge in [0.2, 0.25) is 0 Å². The van der Waals surface area contributed by atoms with Crippen LogP contribution in [0.1, 0.15) is 104 Å². The minimum Gasteiger partial charge on any atom is -0.496 e. The average Bonchev–Trinajstić information content (AvgIpc) is 2.69. The van der Waals surface area contributed by atoms with Crippen molar-refractivity contribution in [2.24, 2.45) is 23.2 Å². The first-order valence-electron chi connectivity index (χ1n) is 11.9. The molecule has 0 aliphatic heterocycles. The van der Waals surface area contributed by atoms with Gasteiger partial charge in [-0.15, -0.1) is 0 Å². The smallest absolute Gasteiger partial charge is 0.126 e. The number of hydrogen-bond donors (Lipinski definition) is 0. The lowest BCUT2D eigenvalue weighted by molar-refractivity contribution is -0.114. The normalized spacial score (nSPS) is 28.0. The Kier molecular flexibility index (Phi) is 6.61. The van der Waals surface area contributed by atoms with Crippen LogP contribution in [0.4, 0.5) is 0 Å². The van der Waals surface area contributed by atoms with Crippen LogP contribution in [-0.2, 0) is 5.41 Å². The van der Waals surface area contributed by atoms with Gasteiger partial charge in [-0.05, 0) is 71.5 Å². The van der Waals surface area contributed by atoms with E-state index in [1.807, 2.05) is 14.2 Å². The third-order valence-corrected chi connectivity index (χ3v) is 8.57. The van der Waals surface area contributed by atoms with Crippen molar-refractivity contribution in [3.63, 3.8) is 0 Å². The number of benzene rings is 1. The van der Waals surface area contributed by atoms with Crippen LogP contribution >= 0.6 is 0 Å². The van der Waals surface area contributed by atoms with E-state index in [1.54, 1.807) is 0 Å². The van der Waals surface area contributed by atoms with Crippen LogP contribution in [0.15, 0.2) is 12.1 Å². The van der Waals surface area contributed by atoms with Crippen molar-refractivity contribution in [2.75, 3.05) is 14.2 Å². The van der Waals surface area contributed by atoms with Gasteiger partial charge in [0, 0.05) is 5.56 Å². The van der Waals surface area contributed by atoms with E-state index in [1.165, 1.54) is 56.1 Å². The number of methoxy groups -OCH3 is 2. The van der Waals surface area contributed by atoms with Crippen molar-refractivity contribution < 1.29 is 9.47 Å². The molecule has 0 aromatic heterocycles. The topological polar surface area (TPSA) is 18.5 Å². The maximum Gasteiger partial charge on any atom is 0.126 e. The van der Waals surface area contributed by atoms with Crippen LogP contribution in [0.2, 0.25) is 0 Å². The second-order valence-corrected chi connectivity index (χ2v) is 11.1. The summed E-state index contributed by atoms with van der Waals surface area (Å²) in [6.45, 7) is 14.4. The van der Waals surface area contributed by atoms with Crippen molar-refractivity contribution in [3.05, 3.63) is 23.3 Å². The van der Waals surface area contributed by atoms with Gasteiger partial charge in [-0.2, -0.15) is 0 Å². The summed E-state index contributed by atoms with van der Waals surface area (Å²) in [5.41, 5.74) is 3.23. The Hall–Kier alpha value is -1.18. The van der Waals surface area contributed by atoms with Gasteiger partial charge in [-0.1, -0.05) is 67.2 Å². The van der Waals surface area contributed by atoms with E-state index in [0.717, 1.165) is 29.3 Å². The summed E-state index contributed by atoms with van der Waals surface area (Å²) >= 11 is 0. The SMILES string of the molecule is CCCCCCC(C)(C)c1cc(OC)c(C2CC(C)C3CC2C3(C)C)c(OC)c1. The molecule has 4 atom stereocenters. The summed E-state index contributed by atoms with van der Waals surface area (Å²) < 4.78 is 12.0. The van der Waals surface area contributed by atoms with Crippen molar-refractivity contribution in [1.29, 1.82) is 0 Å². The Labute approximate surface area is 179 Å². The van der Waals surface area contributed by atoms with Crippen molar-refractivity contribution in [1.82, 2.24) is 0 Å². The first-order chi connectivity index (χ1) is 13.7. The molecule has 0 amide bonds. The van der Waals surface area contributed by atoms with Crippen LogP contribution in [0.5, 0.6) is 11.5 Å². The molecule has 3 fully saturated rings. The van der Waals surface area contributed by atoms with E-state index in [0.29, 0.717) is 11.3 Å². The minimum atomic E-state index is 0.132. The maximum absolute atomic E-state index is 6.01. The van der Waals surface area contributed by atoms with E-state index >= 15 is 0 Å². The van der Waals surface area contributed by atoms with Crippen LogP contribution in [0.3, 0.4) is 0 Å². The molecule has 2 bridgehead atoms. The quantitative estimate of drug-likeness (QED) is 0.395. The summed E-state index contributed by atoms with van der Waals surface area (Å²) in [6.07, 6.45) is 9.04. The van der Waals surface area contributed by atoms with Gasteiger partial charge >= 0.3 is 0 Å². The summed E-state index contributed by atoms with van der Waals surface area (Å²) in [4.78, 5) is 0. The molecule has 4 rings (SSSR count). The van der Waals surface area contributed by atoms with E-state index in [9.17, 15) is 0 Å². The monoisotopic (exact) mass is 400 g/mol. The highest BCUT2D eigenvalue weighted by molar-refractivity contribution is 5.53. The van der Waals surface area contributed by atoms with Crippen molar-refractivity contribution >= 4 is 0 Å². The van der Waals surface area contributed by atoms with Crippen molar-refractivity contribution in [3.8, 4) is 11.5 Å². The summed E-state index contributed by atoms with van der Waals surface area (Å²) in [6, 6.07) is 4.64. The molecule has 1 aromatic carbocycles.